The summed E-state index contributed by atoms with van der Waals surface area (Å²) in [6, 6.07) is 16.0. The lowest BCUT2D eigenvalue weighted by Gasteiger charge is -2.15. The van der Waals surface area contributed by atoms with E-state index in [1.54, 1.807) is 48.1 Å². The molecule has 0 saturated heterocycles. The molecule has 174 valence electrons. The van der Waals surface area contributed by atoms with Crippen LogP contribution in [0.4, 0.5) is 4.39 Å². The Morgan fingerprint density at radius 3 is 2.74 bits per heavy atom. The summed E-state index contributed by atoms with van der Waals surface area (Å²) in [5.41, 5.74) is 1.58. The number of aromatic nitrogens is 3. The molecule has 5 aromatic rings. The van der Waals surface area contributed by atoms with Crippen LogP contribution in [0.5, 0.6) is 5.75 Å². The van der Waals surface area contributed by atoms with Crippen molar-refractivity contribution in [3.63, 3.8) is 0 Å². The number of halogens is 1. The Bertz CT molecular complexity index is 1530. The number of sulfonamides is 1. The van der Waals surface area contributed by atoms with Crippen molar-refractivity contribution in [3.8, 4) is 22.1 Å². The molecule has 1 N–H and O–H groups in total. The van der Waals surface area contributed by atoms with Gasteiger partial charge >= 0.3 is 0 Å². The Hall–Kier alpha value is -3.54. The summed E-state index contributed by atoms with van der Waals surface area (Å²) >= 11 is 1.10. The summed E-state index contributed by atoms with van der Waals surface area (Å²) in [7, 11) is -3.71. The van der Waals surface area contributed by atoms with Gasteiger partial charge in [-0.2, -0.15) is 5.10 Å². The highest BCUT2D eigenvalue weighted by atomic mass is 32.2. The minimum absolute atomic E-state index is 0.136. The molecule has 0 amide bonds. The summed E-state index contributed by atoms with van der Waals surface area (Å²) in [6.45, 7) is 1.87. The maximum absolute atomic E-state index is 13.2. The second-order valence-corrected chi connectivity index (χ2v) is 10.6. The van der Waals surface area contributed by atoms with Gasteiger partial charge in [-0.1, -0.05) is 5.16 Å². The number of hydrogen-bond acceptors (Lipinski definition) is 7. The van der Waals surface area contributed by atoms with Crippen LogP contribution < -0.4 is 9.46 Å². The minimum atomic E-state index is -3.71. The lowest BCUT2D eigenvalue weighted by atomic mass is 10.2. The summed E-state index contributed by atoms with van der Waals surface area (Å²) in [5, 5.41) is 8.85. The average Bonchev–Trinajstić information content (AvgIpc) is 3.58. The van der Waals surface area contributed by atoms with Gasteiger partial charge in [-0.3, -0.25) is 0 Å². The van der Waals surface area contributed by atoms with Crippen LogP contribution in [0.3, 0.4) is 0 Å². The third kappa shape index (κ3) is 4.58. The summed E-state index contributed by atoms with van der Waals surface area (Å²) in [5.74, 6) is 0.789. The van der Waals surface area contributed by atoms with E-state index in [0.717, 1.165) is 27.9 Å². The number of benzene rings is 2. The first kappa shape index (κ1) is 22.3. The zero-order chi connectivity index (χ0) is 23.7. The highest BCUT2D eigenvalue weighted by Gasteiger charge is 2.21. The van der Waals surface area contributed by atoms with Gasteiger partial charge in [0, 0.05) is 11.5 Å². The molecule has 3 aromatic heterocycles. The first-order valence-corrected chi connectivity index (χ1v) is 12.6. The van der Waals surface area contributed by atoms with Crippen molar-refractivity contribution in [3.05, 3.63) is 78.9 Å². The third-order valence-electron chi connectivity index (χ3n) is 4.99. The van der Waals surface area contributed by atoms with Crippen molar-refractivity contribution >= 4 is 32.3 Å². The molecule has 1 atom stereocenters. The quantitative estimate of drug-likeness (QED) is 0.335. The Morgan fingerprint density at radius 1 is 1.15 bits per heavy atom. The number of nitrogens with one attached hydrogen (secondary N) is 1. The predicted octanol–water partition coefficient (Wildman–Crippen LogP) is 4.63. The van der Waals surface area contributed by atoms with E-state index in [0.29, 0.717) is 16.4 Å². The molecule has 0 spiro atoms. The summed E-state index contributed by atoms with van der Waals surface area (Å²) < 4.78 is 54.1. The molecule has 2 aromatic carbocycles. The van der Waals surface area contributed by atoms with Crippen molar-refractivity contribution < 1.29 is 22.1 Å². The largest absolute Gasteiger partial charge is 0.492 e. The van der Waals surface area contributed by atoms with Gasteiger partial charge in [0.2, 0.25) is 10.0 Å². The van der Waals surface area contributed by atoms with E-state index in [2.05, 4.69) is 15.0 Å². The topological polar surface area (TPSA) is 99.2 Å². The van der Waals surface area contributed by atoms with E-state index in [-0.39, 0.29) is 16.6 Å². The second kappa shape index (κ2) is 9.01. The van der Waals surface area contributed by atoms with Gasteiger partial charge in [0.15, 0.2) is 5.76 Å². The van der Waals surface area contributed by atoms with Gasteiger partial charge < -0.3 is 9.26 Å². The van der Waals surface area contributed by atoms with Crippen LogP contribution in [0.2, 0.25) is 0 Å². The fourth-order valence-electron chi connectivity index (χ4n) is 3.41. The molecule has 34 heavy (non-hydrogen) atoms. The van der Waals surface area contributed by atoms with Crippen molar-refractivity contribution in [2.45, 2.75) is 17.2 Å². The van der Waals surface area contributed by atoms with E-state index in [1.165, 1.54) is 24.4 Å². The zero-order valence-corrected chi connectivity index (χ0v) is 19.5. The molecular weight excluding hydrogens is 479 g/mol. The normalized spacial score (nSPS) is 12.8. The van der Waals surface area contributed by atoms with E-state index in [1.807, 2.05) is 12.1 Å². The standard InChI is InChI=1S/C23H19FN4O4S2/c1-15(27-34(29,30)23-9-8-22(33-23)21-10-11-26-32-21)14-31-19-6-7-20-16(12-19)13-25-28(20)18-4-2-17(24)3-5-18/h2-13,15,27H,14H2,1H3/t15-/m0/s1. The Morgan fingerprint density at radius 2 is 1.97 bits per heavy atom. The maximum Gasteiger partial charge on any atom is 0.250 e. The van der Waals surface area contributed by atoms with Gasteiger partial charge in [-0.25, -0.2) is 22.2 Å². The molecule has 0 fully saturated rings. The molecule has 5 rings (SSSR count). The van der Waals surface area contributed by atoms with E-state index in [4.69, 9.17) is 9.26 Å². The number of fused-ring (bicyclic) bond motifs is 1. The lowest BCUT2D eigenvalue weighted by Crippen LogP contribution is -2.36. The highest BCUT2D eigenvalue weighted by molar-refractivity contribution is 7.91. The first-order valence-electron chi connectivity index (χ1n) is 10.3. The SMILES string of the molecule is C[C@@H](COc1ccc2c(cnn2-c2ccc(F)cc2)c1)NS(=O)(=O)c1ccc(-c2ccno2)s1. The van der Waals surface area contributed by atoms with Crippen LogP contribution >= 0.6 is 11.3 Å². The molecule has 11 heteroatoms. The van der Waals surface area contributed by atoms with Crippen LogP contribution in [0.25, 0.3) is 27.2 Å². The van der Waals surface area contributed by atoms with Crippen LogP contribution in [0.1, 0.15) is 6.92 Å². The fourth-order valence-corrected chi connectivity index (χ4v) is 5.92. The monoisotopic (exact) mass is 498 g/mol. The molecule has 0 aliphatic carbocycles. The second-order valence-electron chi connectivity index (χ2n) is 7.58. The van der Waals surface area contributed by atoms with Gasteiger partial charge in [-0.05, 0) is 61.5 Å². The predicted molar refractivity (Wildman–Crippen MR) is 126 cm³/mol. The van der Waals surface area contributed by atoms with Crippen LogP contribution in [0.15, 0.2) is 81.8 Å². The van der Waals surface area contributed by atoms with E-state index < -0.39 is 16.1 Å². The van der Waals surface area contributed by atoms with Crippen LogP contribution in [-0.4, -0.2) is 36.0 Å². The number of rotatable bonds is 8. The van der Waals surface area contributed by atoms with Crippen molar-refractivity contribution in [2.75, 3.05) is 6.61 Å². The van der Waals surface area contributed by atoms with Gasteiger partial charge in [0.05, 0.1) is 34.5 Å². The minimum Gasteiger partial charge on any atom is -0.492 e. The third-order valence-corrected chi connectivity index (χ3v) is 8.18. The molecule has 0 unspecified atom stereocenters. The van der Waals surface area contributed by atoms with Crippen molar-refractivity contribution in [1.29, 1.82) is 0 Å². The number of thiophene rings is 1. The van der Waals surface area contributed by atoms with E-state index in [9.17, 15) is 12.8 Å². The molecule has 0 aliphatic rings. The maximum atomic E-state index is 13.2. The van der Waals surface area contributed by atoms with Crippen molar-refractivity contribution in [1.82, 2.24) is 19.7 Å². The average molecular weight is 499 g/mol. The number of ether oxygens (including phenoxy) is 1. The Labute approximate surface area is 198 Å². The smallest absolute Gasteiger partial charge is 0.250 e. The molecular formula is C23H19FN4O4S2. The Kier molecular flexibility index (Phi) is 5.90. The first-order chi connectivity index (χ1) is 16.4. The number of hydrogen-bond donors (Lipinski definition) is 1. The summed E-state index contributed by atoms with van der Waals surface area (Å²) in [4.78, 5) is 0.677. The molecule has 0 bridgehead atoms. The van der Waals surface area contributed by atoms with Gasteiger partial charge in [0.1, 0.15) is 22.4 Å². The zero-order valence-electron chi connectivity index (χ0n) is 17.9. The Balaban J connectivity index is 1.24. The fraction of sp³-hybridized carbons (Fsp3) is 0.130. The van der Waals surface area contributed by atoms with E-state index >= 15 is 0 Å². The molecule has 8 nitrogen and oxygen atoms in total. The summed E-state index contributed by atoms with van der Waals surface area (Å²) in [6.07, 6.45) is 3.20. The number of nitrogens with zero attached hydrogens (tertiary/aromatic N) is 3. The van der Waals surface area contributed by atoms with Gasteiger partial charge in [0.25, 0.3) is 0 Å². The molecule has 3 heterocycles. The van der Waals surface area contributed by atoms with Gasteiger partial charge in [-0.15, -0.1) is 11.3 Å². The van der Waals surface area contributed by atoms with Crippen molar-refractivity contribution in [2.24, 2.45) is 0 Å². The van der Waals surface area contributed by atoms with Crippen LogP contribution in [0, 0.1) is 5.82 Å². The lowest BCUT2D eigenvalue weighted by molar-refractivity contribution is 0.288. The molecule has 0 saturated carbocycles. The molecule has 0 radical (unpaired) electrons. The highest BCUT2D eigenvalue weighted by Crippen LogP contribution is 2.30. The molecule has 0 aliphatic heterocycles. The van der Waals surface area contributed by atoms with Crippen LogP contribution in [-0.2, 0) is 10.0 Å².